The van der Waals surface area contributed by atoms with Gasteiger partial charge in [-0.05, 0) is 36.2 Å². The highest BCUT2D eigenvalue weighted by Gasteiger charge is 2.19. The maximum atomic E-state index is 12.0. The Hall–Kier alpha value is -1.32. The van der Waals surface area contributed by atoms with Gasteiger partial charge in [0.15, 0.2) is 11.5 Å². The first kappa shape index (κ1) is 16.5. The summed E-state index contributed by atoms with van der Waals surface area (Å²) in [6.07, 6.45) is -0.572. The predicted octanol–water partition coefficient (Wildman–Crippen LogP) is 2.53. The Kier molecular flexibility index (Phi) is 4.79. The number of hydrogen-bond acceptors (Lipinski definition) is 6. The van der Waals surface area contributed by atoms with Crippen LogP contribution in [0.15, 0.2) is 34.5 Å². The SMILES string of the molecule is O=S(=O)(NCC[C@@H](O)c1ccc2c(c1)OCO2)c1ccc(Cl)s1. The number of sulfonamides is 1. The quantitative estimate of drug-likeness (QED) is 0.810. The molecule has 0 fully saturated rings. The molecule has 0 amide bonds. The van der Waals surface area contributed by atoms with Crippen molar-refractivity contribution in [1.82, 2.24) is 4.72 Å². The Labute approximate surface area is 142 Å². The minimum atomic E-state index is -3.60. The third kappa shape index (κ3) is 3.78. The van der Waals surface area contributed by atoms with Gasteiger partial charge in [-0.1, -0.05) is 17.7 Å². The van der Waals surface area contributed by atoms with E-state index >= 15 is 0 Å². The molecule has 1 aromatic heterocycles. The third-order valence-corrected chi connectivity index (χ3v) is 6.49. The minimum Gasteiger partial charge on any atom is -0.454 e. The molecular weight excluding hydrogens is 362 g/mol. The van der Waals surface area contributed by atoms with Crippen molar-refractivity contribution < 1.29 is 23.0 Å². The van der Waals surface area contributed by atoms with Crippen molar-refractivity contribution in [2.45, 2.75) is 16.7 Å². The summed E-state index contributed by atoms with van der Waals surface area (Å²) in [7, 11) is -3.60. The molecule has 0 spiro atoms. The first-order valence-corrected chi connectivity index (χ1v) is 9.46. The average molecular weight is 376 g/mol. The molecule has 0 unspecified atom stereocenters. The van der Waals surface area contributed by atoms with Crippen molar-refractivity contribution in [3.8, 4) is 11.5 Å². The maximum Gasteiger partial charge on any atom is 0.250 e. The summed E-state index contributed by atoms with van der Waals surface area (Å²) >= 11 is 6.73. The largest absolute Gasteiger partial charge is 0.454 e. The summed E-state index contributed by atoms with van der Waals surface area (Å²) in [4.78, 5) is 0. The molecule has 0 saturated carbocycles. The summed E-state index contributed by atoms with van der Waals surface area (Å²) in [5, 5.41) is 10.2. The third-order valence-electron chi connectivity index (χ3n) is 3.30. The monoisotopic (exact) mass is 375 g/mol. The lowest BCUT2D eigenvalue weighted by atomic mass is 10.1. The van der Waals surface area contributed by atoms with E-state index in [-0.39, 0.29) is 24.0 Å². The topological polar surface area (TPSA) is 84.9 Å². The molecule has 2 aromatic rings. The second-order valence-electron chi connectivity index (χ2n) is 4.87. The molecule has 23 heavy (non-hydrogen) atoms. The molecule has 6 nitrogen and oxygen atoms in total. The number of aliphatic hydroxyl groups is 1. The Bertz CT molecular complexity index is 805. The van der Waals surface area contributed by atoms with Gasteiger partial charge < -0.3 is 14.6 Å². The van der Waals surface area contributed by atoms with Crippen LogP contribution in [-0.4, -0.2) is 26.9 Å². The first-order chi connectivity index (χ1) is 11.0. The van der Waals surface area contributed by atoms with Crippen molar-refractivity contribution in [3.63, 3.8) is 0 Å². The van der Waals surface area contributed by atoms with E-state index in [9.17, 15) is 13.5 Å². The molecule has 0 radical (unpaired) electrons. The lowest BCUT2D eigenvalue weighted by Gasteiger charge is -2.12. The zero-order chi connectivity index (χ0) is 16.4. The van der Waals surface area contributed by atoms with Crippen LogP contribution in [0.25, 0.3) is 0 Å². The Morgan fingerprint density at radius 2 is 2.04 bits per heavy atom. The van der Waals surface area contributed by atoms with Gasteiger partial charge in [0.05, 0.1) is 10.4 Å². The molecule has 3 rings (SSSR count). The van der Waals surface area contributed by atoms with Crippen LogP contribution in [0.5, 0.6) is 11.5 Å². The van der Waals surface area contributed by atoms with E-state index in [1.807, 2.05) is 0 Å². The van der Waals surface area contributed by atoms with Crippen LogP contribution in [-0.2, 0) is 10.0 Å². The zero-order valence-electron chi connectivity index (χ0n) is 11.9. The van der Waals surface area contributed by atoms with Gasteiger partial charge >= 0.3 is 0 Å². The fourth-order valence-electron chi connectivity index (χ4n) is 2.13. The molecule has 9 heteroatoms. The van der Waals surface area contributed by atoms with Crippen molar-refractivity contribution in [2.24, 2.45) is 0 Å². The van der Waals surface area contributed by atoms with Crippen LogP contribution in [0.3, 0.4) is 0 Å². The number of rotatable bonds is 6. The highest BCUT2D eigenvalue weighted by atomic mass is 35.5. The van der Waals surface area contributed by atoms with Crippen LogP contribution in [0.2, 0.25) is 4.34 Å². The second-order valence-corrected chi connectivity index (χ2v) is 8.58. The van der Waals surface area contributed by atoms with Crippen LogP contribution in [0, 0.1) is 0 Å². The molecule has 1 aromatic carbocycles. The van der Waals surface area contributed by atoms with Gasteiger partial charge in [-0.2, -0.15) is 0 Å². The molecule has 1 aliphatic rings. The van der Waals surface area contributed by atoms with E-state index in [1.54, 1.807) is 18.2 Å². The van der Waals surface area contributed by atoms with Gasteiger partial charge in [0.25, 0.3) is 0 Å². The summed E-state index contributed by atoms with van der Waals surface area (Å²) < 4.78 is 37.5. The Morgan fingerprint density at radius 3 is 2.78 bits per heavy atom. The number of nitrogens with one attached hydrogen (secondary N) is 1. The fraction of sp³-hybridized carbons (Fsp3) is 0.286. The molecule has 2 heterocycles. The lowest BCUT2D eigenvalue weighted by molar-refractivity contribution is 0.166. The summed E-state index contributed by atoms with van der Waals surface area (Å²) in [5.74, 6) is 1.21. The van der Waals surface area contributed by atoms with Crippen LogP contribution < -0.4 is 14.2 Å². The molecule has 1 aliphatic heterocycles. The van der Waals surface area contributed by atoms with Crippen LogP contribution >= 0.6 is 22.9 Å². The van der Waals surface area contributed by atoms with Crippen LogP contribution in [0.1, 0.15) is 18.1 Å². The van der Waals surface area contributed by atoms with Crippen molar-refractivity contribution in [3.05, 3.63) is 40.2 Å². The highest BCUT2D eigenvalue weighted by Crippen LogP contribution is 2.34. The molecule has 0 saturated heterocycles. The van der Waals surface area contributed by atoms with E-state index in [0.29, 0.717) is 21.4 Å². The van der Waals surface area contributed by atoms with E-state index in [1.165, 1.54) is 12.1 Å². The normalized spacial score (nSPS) is 14.9. The van der Waals surface area contributed by atoms with E-state index in [0.717, 1.165) is 11.3 Å². The number of thiophene rings is 1. The molecular formula is C14H14ClNO5S2. The molecule has 124 valence electrons. The first-order valence-electron chi connectivity index (χ1n) is 6.78. The number of ether oxygens (including phenoxy) is 2. The average Bonchev–Trinajstić information content (AvgIpc) is 3.14. The van der Waals surface area contributed by atoms with Crippen molar-refractivity contribution in [2.75, 3.05) is 13.3 Å². The second kappa shape index (κ2) is 6.66. The van der Waals surface area contributed by atoms with E-state index in [4.69, 9.17) is 21.1 Å². The van der Waals surface area contributed by atoms with E-state index < -0.39 is 16.1 Å². The number of hydrogen-bond donors (Lipinski definition) is 2. The van der Waals surface area contributed by atoms with Gasteiger partial charge in [0, 0.05) is 6.54 Å². The number of benzene rings is 1. The number of fused-ring (bicyclic) bond motifs is 1. The van der Waals surface area contributed by atoms with Crippen LogP contribution in [0.4, 0.5) is 0 Å². The van der Waals surface area contributed by atoms with Gasteiger partial charge in [-0.15, -0.1) is 11.3 Å². The Morgan fingerprint density at radius 1 is 1.26 bits per heavy atom. The summed E-state index contributed by atoms with van der Waals surface area (Å²) in [5.41, 5.74) is 0.646. The highest BCUT2D eigenvalue weighted by molar-refractivity contribution is 7.91. The summed E-state index contributed by atoms with van der Waals surface area (Å²) in [6, 6.07) is 8.12. The summed E-state index contributed by atoms with van der Waals surface area (Å²) in [6.45, 7) is 0.269. The van der Waals surface area contributed by atoms with Crippen molar-refractivity contribution >= 4 is 33.0 Å². The lowest BCUT2D eigenvalue weighted by Crippen LogP contribution is -2.25. The number of aliphatic hydroxyl groups excluding tert-OH is 1. The predicted molar refractivity (Wildman–Crippen MR) is 86.7 cm³/mol. The van der Waals surface area contributed by atoms with Gasteiger partial charge in [-0.3, -0.25) is 0 Å². The van der Waals surface area contributed by atoms with Gasteiger partial charge in [0.1, 0.15) is 4.21 Å². The molecule has 0 bridgehead atoms. The standard InChI is InChI=1S/C14H14ClNO5S2/c15-13-3-4-14(22-13)23(18,19)16-6-5-10(17)9-1-2-11-12(7-9)21-8-20-11/h1-4,7,10,16-17H,5-6,8H2/t10-/m1/s1. The fourth-order valence-corrected chi connectivity index (χ4v) is 4.71. The maximum absolute atomic E-state index is 12.0. The minimum absolute atomic E-state index is 0.105. The molecule has 0 aliphatic carbocycles. The number of halogens is 1. The van der Waals surface area contributed by atoms with Gasteiger partial charge in [0.2, 0.25) is 16.8 Å². The van der Waals surface area contributed by atoms with Gasteiger partial charge in [-0.25, -0.2) is 13.1 Å². The molecule has 2 N–H and O–H groups in total. The van der Waals surface area contributed by atoms with E-state index in [2.05, 4.69) is 4.72 Å². The van der Waals surface area contributed by atoms with Crippen molar-refractivity contribution in [1.29, 1.82) is 0 Å². The zero-order valence-corrected chi connectivity index (χ0v) is 14.2. The smallest absolute Gasteiger partial charge is 0.250 e. The Balaban J connectivity index is 1.58. The molecule has 1 atom stereocenters.